The Morgan fingerprint density at radius 2 is 2.06 bits per heavy atom. The Labute approximate surface area is 98.0 Å². The Kier molecular flexibility index (Phi) is 3.76. The van der Waals surface area contributed by atoms with Crippen molar-refractivity contribution in [3.05, 3.63) is 72.9 Å². The third-order valence-electron chi connectivity index (χ3n) is 3.18. The molecule has 82 valence electrons. The molecule has 0 fully saturated rings. The molecule has 2 unspecified atom stereocenters. The van der Waals surface area contributed by atoms with Crippen molar-refractivity contribution in [1.82, 2.24) is 0 Å². The first-order valence-corrected chi connectivity index (χ1v) is 5.91. The van der Waals surface area contributed by atoms with E-state index in [0.717, 1.165) is 12.8 Å². The zero-order valence-corrected chi connectivity index (χ0v) is 9.55. The minimum absolute atomic E-state index is 0.569. The van der Waals surface area contributed by atoms with Crippen molar-refractivity contribution < 1.29 is 0 Å². The average molecular weight is 210 g/mol. The molecule has 0 saturated carbocycles. The zero-order chi connectivity index (χ0) is 11.2. The lowest BCUT2D eigenvalue weighted by Crippen LogP contribution is -2.11. The highest BCUT2D eigenvalue weighted by molar-refractivity contribution is 5.25. The molecule has 1 aliphatic rings. The molecule has 0 nitrogen and oxygen atoms in total. The molecule has 0 saturated heterocycles. The summed E-state index contributed by atoms with van der Waals surface area (Å²) in [4.78, 5) is 0. The molecule has 1 aromatic carbocycles. The second-order valence-corrected chi connectivity index (χ2v) is 4.25. The summed E-state index contributed by atoms with van der Waals surface area (Å²) < 4.78 is 0. The molecule has 0 bridgehead atoms. The molecule has 2 atom stereocenters. The van der Waals surface area contributed by atoms with Crippen molar-refractivity contribution in [2.45, 2.75) is 18.8 Å². The van der Waals surface area contributed by atoms with Gasteiger partial charge in [-0.15, -0.1) is 6.58 Å². The third-order valence-corrected chi connectivity index (χ3v) is 3.18. The summed E-state index contributed by atoms with van der Waals surface area (Å²) in [6.45, 7) is 3.88. The van der Waals surface area contributed by atoms with Crippen LogP contribution in [0.3, 0.4) is 0 Å². The topological polar surface area (TPSA) is 0 Å². The van der Waals surface area contributed by atoms with Crippen LogP contribution in [0.2, 0.25) is 0 Å². The van der Waals surface area contributed by atoms with Crippen LogP contribution < -0.4 is 0 Å². The zero-order valence-electron chi connectivity index (χ0n) is 9.55. The van der Waals surface area contributed by atoms with Crippen molar-refractivity contribution in [2.75, 3.05) is 0 Å². The summed E-state index contributed by atoms with van der Waals surface area (Å²) in [7, 11) is 0. The predicted octanol–water partition coefficient (Wildman–Crippen LogP) is 4.48. The van der Waals surface area contributed by atoms with Crippen LogP contribution in [0, 0.1) is 5.92 Å². The second kappa shape index (κ2) is 5.50. The van der Waals surface area contributed by atoms with E-state index in [0.29, 0.717) is 11.8 Å². The van der Waals surface area contributed by atoms with Gasteiger partial charge in [-0.05, 0) is 30.2 Å². The largest absolute Gasteiger partial charge is 0.103 e. The Bertz CT molecular complexity index is 384. The van der Waals surface area contributed by atoms with Gasteiger partial charge < -0.3 is 0 Å². The van der Waals surface area contributed by atoms with Crippen molar-refractivity contribution in [2.24, 2.45) is 5.92 Å². The summed E-state index contributed by atoms with van der Waals surface area (Å²) in [6.07, 6.45) is 13.1. The Balaban J connectivity index is 2.20. The van der Waals surface area contributed by atoms with E-state index >= 15 is 0 Å². The van der Waals surface area contributed by atoms with Gasteiger partial charge in [-0.1, -0.05) is 60.7 Å². The quantitative estimate of drug-likeness (QED) is 0.643. The number of hydrogen-bond acceptors (Lipinski definition) is 0. The van der Waals surface area contributed by atoms with Gasteiger partial charge in [0.15, 0.2) is 0 Å². The Hall–Kier alpha value is -1.56. The second-order valence-electron chi connectivity index (χ2n) is 4.25. The normalized spacial score (nSPS) is 20.6. The summed E-state index contributed by atoms with van der Waals surface area (Å²) in [5.41, 5.74) is 1.42. The van der Waals surface area contributed by atoms with E-state index in [-0.39, 0.29) is 0 Å². The van der Waals surface area contributed by atoms with E-state index < -0.39 is 0 Å². The van der Waals surface area contributed by atoms with E-state index in [1.54, 1.807) is 0 Å². The van der Waals surface area contributed by atoms with Crippen LogP contribution >= 0.6 is 0 Å². The molecular weight excluding hydrogens is 192 g/mol. The fourth-order valence-electron chi connectivity index (χ4n) is 2.34. The van der Waals surface area contributed by atoms with Crippen LogP contribution in [0.25, 0.3) is 0 Å². The van der Waals surface area contributed by atoms with Crippen LogP contribution in [-0.4, -0.2) is 0 Å². The van der Waals surface area contributed by atoms with Crippen molar-refractivity contribution >= 4 is 0 Å². The maximum atomic E-state index is 3.88. The van der Waals surface area contributed by atoms with Gasteiger partial charge in [-0.25, -0.2) is 0 Å². The first kappa shape index (κ1) is 10.9. The number of allylic oxidation sites excluding steroid dienone is 5. The molecule has 0 heteroatoms. The van der Waals surface area contributed by atoms with E-state index in [2.05, 4.69) is 61.2 Å². The highest BCUT2D eigenvalue weighted by Gasteiger charge is 2.19. The first-order valence-electron chi connectivity index (χ1n) is 5.91. The van der Waals surface area contributed by atoms with Crippen LogP contribution in [0.5, 0.6) is 0 Å². The first-order chi connectivity index (χ1) is 7.92. The molecule has 16 heavy (non-hydrogen) atoms. The van der Waals surface area contributed by atoms with E-state index in [1.165, 1.54) is 5.56 Å². The van der Waals surface area contributed by atoms with E-state index in [9.17, 15) is 0 Å². The molecule has 0 spiro atoms. The van der Waals surface area contributed by atoms with E-state index in [4.69, 9.17) is 0 Å². The van der Waals surface area contributed by atoms with Gasteiger partial charge in [0.05, 0.1) is 0 Å². The molecular formula is C16H18. The Morgan fingerprint density at radius 1 is 1.25 bits per heavy atom. The predicted molar refractivity (Wildman–Crippen MR) is 70.4 cm³/mol. The van der Waals surface area contributed by atoms with Gasteiger partial charge in [0.2, 0.25) is 0 Å². The molecule has 0 aromatic heterocycles. The van der Waals surface area contributed by atoms with Crippen LogP contribution in [0.1, 0.15) is 24.3 Å². The minimum Gasteiger partial charge on any atom is -0.103 e. The van der Waals surface area contributed by atoms with Crippen molar-refractivity contribution in [3.63, 3.8) is 0 Å². The van der Waals surface area contributed by atoms with Crippen molar-refractivity contribution in [1.29, 1.82) is 0 Å². The fraction of sp³-hybridized carbons (Fsp3) is 0.250. The SMILES string of the molecule is C=CCC(c1ccccc1)C1C=CC=CC1. The molecule has 0 N–H and O–H groups in total. The van der Waals surface area contributed by atoms with Gasteiger partial charge in [0.1, 0.15) is 0 Å². The Morgan fingerprint density at radius 3 is 2.69 bits per heavy atom. The van der Waals surface area contributed by atoms with Gasteiger partial charge in [0, 0.05) is 0 Å². The monoisotopic (exact) mass is 210 g/mol. The lowest BCUT2D eigenvalue weighted by molar-refractivity contribution is 0.512. The summed E-state index contributed by atoms with van der Waals surface area (Å²) >= 11 is 0. The van der Waals surface area contributed by atoms with Crippen LogP contribution in [-0.2, 0) is 0 Å². The molecule has 0 aliphatic heterocycles. The summed E-state index contributed by atoms with van der Waals surface area (Å²) in [5, 5.41) is 0. The summed E-state index contributed by atoms with van der Waals surface area (Å²) in [5.74, 6) is 1.19. The molecule has 1 aromatic rings. The molecule has 0 radical (unpaired) electrons. The standard InChI is InChI=1S/C16H18/c1-2-9-16(14-10-5-3-6-11-14)15-12-7-4-8-13-15/h2-8,10-12,15-16H,1,9,13H2. The maximum Gasteiger partial charge on any atom is -0.00615 e. The fourth-order valence-corrected chi connectivity index (χ4v) is 2.34. The average Bonchev–Trinajstić information content (AvgIpc) is 2.38. The molecule has 0 heterocycles. The highest BCUT2D eigenvalue weighted by atomic mass is 14.2. The van der Waals surface area contributed by atoms with Gasteiger partial charge in [0.25, 0.3) is 0 Å². The molecule has 1 aliphatic carbocycles. The molecule has 0 amide bonds. The summed E-state index contributed by atoms with van der Waals surface area (Å²) in [6, 6.07) is 10.8. The van der Waals surface area contributed by atoms with E-state index in [1.807, 2.05) is 6.08 Å². The third kappa shape index (κ3) is 2.52. The van der Waals surface area contributed by atoms with Gasteiger partial charge in [-0.3, -0.25) is 0 Å². The number of benzene rings is 1. The lowest BCUT2D eigenvalue weighted by Gasteiger charge is -2.24. The smallest absolute Gasteiger partial charge is 0.00615 e. The lowest BCUT2D eigenvalue weighted by atomic mass is 9.80. The number of rotatable bonds is 4. The van der Waals surface area contributed by atoms with Crippen molar-refractivity contribution in [3.8, 4) is 0 Å². The number of hydrogen-bond donors (Lipinski definition) is 0. The molecule has 2 rings (SSSR count). The maximum absolute atomic E-state index is 3.88. The van der Waals surface area contributed by atoms with Crippen LogP contribution in [0.4, 0.5) is 0 Å². The highest BCUT2D eigenvalue weighted by Crippen LogP contribution is 2.33. The van der Waals surface area contributed by atoms with Gasteiger partial charge in [-0.2, -0.15) is 0 Å². The minimum atomic E-state index is 0.569. The van der Waals surface area contributed by atoms with Crippen LogP contribution in [0.15, 0.2) is 67.3 Å². The van der Waals surface area contributed by atoms with Gasteiger partial charge >= 0.3 is 0 Å².